The van der Waals surface area contributed by atoms with E-state index in [4.69, 9.17) is 4.74 Å². The van der Waals surface area contributed by atoms with E-state index in [2.05, 4.69) is 4.99 Å². The van der Waals surface area contributed by atoms with Crippen LogP contribution in [0.25, 0.3) is 0 Å². The molecule has 0 aliphatic carbocycles. The van der Waals surface area contributed by atoms with Crippen molar-refractivity contribution in [2.24, 2.45) is 10.4 Å². The van der Waals surface area contributed by atoms with Crippen LogP contribution in [0.3, 0.4) is 0 Å². The highest BCUT2D eigenvalue weighted by Crippen LogP contribution is 2.27. The van der Waals surface area contributed by atoms with Gasteiger partial charge in [-0.05, 0) is 20.3 Å². The SMILES string of the molecule is CC/C=C\C=C(/C)[C@](C)(C=NCCOC)C(O)O. The van der Waals surface area contributed by atoms with Crippen LogP contribution in [0.1, 0.15) is 27.2 Å². The number of ether oxygens (including phenoxy) is 1. The maximum atomic E-state index is 9.52. The number of aliphatic hydroxyl groups excluding tert-OH is 1. The number of hydrogen-bond acceptors (Lipinski definition) is 4. The van der Waals surface area contributed by atoms with Crippen molar-refractivity contribution in [3.05, 3.63) is 23.8 Å². The predicted octanol–water partition coefficient (Wildman–Crippen LogP) is 1.93. The molecule has 0 radical (unpaired) electrons. The Morgan fingerprint density at radius 2 is 2.11 bits per heavy atom. The van der Waals surface area contributed by atoms with Crippen LogP contribution in [-0.4, -0.2) is 43.0 Å². The number of hydrogen-bond donors (Lipinski definition) is 2. The predicted molar refractivity (Wildman–Crippen MR) is 74.8 cm³/mol. The summed E-state index contributed by atoms with van der Waals surface area (Å²) in [4.78, 5) is 4.17. The highest BCUT2D eigenvalue weighted by Gasteiger charge is 2.31. The first-order valence-corrected chi connectivity index (χ1v) is 6.19. The lowest BCUT2D eigenvalue weighted by Crippen LogP contribution is -2.35. The Morgan fingerprint density at radius 1 is 1.44 bits per heavy atom. The van der Waals surface area contributed by atoms with E-state index in [1.165, 1.54) is 0 Å². The van der Waals surface area contributed by atoms with Gasteiger partial charge in [-0.3, -0.25) is 4.99 Å². The molecule has 0 amide bonds. The third kappa shape index (κ3) is 5.58. The van der Waals surface area contributed by atoms with E-state index in [1.54, 1.807) is 20.2 Å². The van der Waals surface area contributed by atoms with Crippen LogP contribution >= 0.6 is 0 Å². The zero-order chi connectivity index (χ0) is 14.0. The van der Waals surface area contributed by atoms with E-state index in [1.807, 2.05) is 32.1 Å². The fraction of sp³-hybridized carbons (Fsp3) is 0.643. The molecule has 0 saturated heterocycles. The second-order valence-electron chi connectivity index (χ2n) is 4.37. The van der Waals surface area contributed by atoms with Crippen LogP contribution in [0.2, 0.25) is 0 Å². The van der Waals surface area contributed by atoms with Gasteiger partial charge in [0, 0.05) is 13.3 Å². The van der Waals surface area contributed by atoms with Gasteiger partial charge in [0.15, 0.2) is 6.29 Å². The number of aliphatic imine (C=N–C) groups is 1. The molecule has 4 nitrogen and oxygen atoms in total. The minimum Gasteiger partial charge on any atom is -0.383 e. The van der Waals surface area contributed by atoms with Crippen molar-refractivity contribution in [2.45, 2.75) is 33.5 Å². The van der Waals surface area contributed by atoms with Crippen LogP contribution in [0.4, 0.5) is 0 Å². The second kappa shape index (κ2) is 9.03. The van der Waals surface area contributed by atoms with E-state index < -0.39 is 11.7 Å². The smallest absolute Gasteiger partial charge is 0.165 e. The lowest BCUT2D eigenvalue weighted by molar-refractivity contribution is -0.0865. The molecule has 4 heteroatoms. The quantitative estimate of drug-likeness (QED) is 0.301. The molecular weight excluding hydrogens is 230 g/mol. The summed E-state index contributed by atoms with van der Waals surface area (Å²) in [6.45, 7) is 6.69. The highest BCUT2D eigenvalue weighted by molar-refractivity contribution is 5.70. The van der Waals surface area contributed by atoms with Crippen molar-refractivity contribution >= 4 is 6.21 Å². The molecule has 0 aliphatic heterocycles. The van der Waals surface area contributed by atoms with Gasteiger partial charge in [-0.2, -0.15) is 0 Å². The molecule has 0 aromatic heterocycles. The number of rotatable bonds is 8. The molecule has 1 atom stereocenters. The van der Waals surface area contributed by atoms with Gasteiger partial charge < -0.3 is 14.9 Å². The maximum Gasteiger partial charge on any atom is 0.165 e. The third-order valence-corrected chi connectivity index (χ3v) is 2.89. The van der Waals surface area contributed by atoms with Crippen LogP contribution < -0.4 is 0 Å². The normalized spacial score (nSPS) is 16.9. The van der Waals surface area contributed by atoms with Crippen molar-refractivity contribution in [3.8, 4) is 0 Å². The average molecular weight is 255 g/mol. The number of aliphatic hydroxyl groups is 2. The molecule has 0 aliphatic rings. The summed E-state index contributed by atoms with van der Waals surface area (Å²) in [5.41, 5.74) is -0.0189. The molecule has 0 saturated carbocycles. The molecule has 0 aromatic rings. The minimum absolute atomic E-state index is 0.511. The fourth-order valence-electron chi connectivity index (χ4n) is 1.30. The molecule has 0 bridgehead atoms. The Hall–Kier alpha value is -0.970. The summed E-state index contributed by atoms with van der Waals surface area (Å²) >= 11 is 0. The van der Waals surface area contributed by atoms with Crippen LogP contribution in [0.5, 0.6) is 0 Å². The number of nitrogens with zero attached hydrogens (tertiary/aromatic N) is 1. The Bertz CT molecular complexity index is 308. The minimum atomic E-state index is -1.48. The molecule has 0 fully saturated rings. The Labute approximate surface area is 110 Å². The summed E-state index contributed by atoms with van der Waals surface area (Å²) in [7, 11) is 1.61. The number of methoxy groups -OCH3 is 1. The molecule has 0 rings (SSSR count). The van der Waals surface area contributed by atoms with Gasteiger partial charge >= 0.3 is 0 Å². The van der Waals surface area contributed by atoms with Crippen molar-refractivity contribution in [2.75, 3.05) is 20.3 Å². The van der Waals surface area contributed by atoms with Gasteiger partial charge in [-0.1, -0.05) is 30.7 Å². The van der Waals surface area contributed by atoms with Gasteiger partial charge in [0.1, 0.15) is 0 Å². The van der Waals surface area contributed by atoms with E-state index in [0.29, 0.717) is 13.2 Å². The van der Waals surface area contributed by atoms with Gasteiger partial charge in [0.05, 0.1) is 18.6 Å². The summed E-state index contributed by atoms with van der Waals surface area (Å²) in [5.74, 6) is 0. The van der Waals surface area contributed by atoms with E-state index in [0.717, 1.165) is 12.0 Å². The summed E-state index contributed by atoms with van der Waals surface area (Å²) < 4.78 is 4.89. The number of allylic oxidation sites excluding steroid dienone is 3. The standard InChI is InChI=1S/C14H25NO3/c1-5-6-7-8-12(2)14(3,13(16)17)11-15-9-10-18-4/h6-8,11,13,16-17H,5,9-10H2,1-4H3/b7-6-,12-8+,15-11?/t14-/m0/s1. The van der Waals surface area contributed by atoms with E-state index >= 15 is 0 Å². The Balaban J connectivity index is 4.85. The zero-order valence-electron chi connectivity index (χ0n) is 11.8. The molecule has 0 unspecified atom stereocenters. The fourth-order valence-corrected chi connectivity index (χ4v) is 1.30. The highest BCUT2D eigenvalue weighted by atomic mass is 16.5. The first-order valence-electron chi connectivity index (χ1n) is 6.19. The Morgan fingerprint density at radius 3 is 2.61 bits per heavy atom. The lowest BCUT2D eigenvalue weighted by atomic mass is 9.83. The Kier molecular flexibility index (Phi) is 8.54. The van der Waals surface area contributed by atoms with E-state index in [-0.39, 0.29) is 0 Å². The van der Waals surface area contributed by atoms with Gasteiger partial charge in [-0.15, -0.1) is 0 Å². The van der Waals surface area contributed by atoms with Gasteiger partial charge in [0.2, 0.25) is 0 Å². The van der Waals surface area contributed by atoms with Crippen molar-refractivity contribution in [1.82, 2.24) is 0 Å². The van der Waals surface area contributed by atoms with Gasteiger partial charge in [-0.25, -0.2) is 0 Å². The topological polar surface area (TPSA) is 62.0 Å². The molecule has 0 spiro atoms. The van der Waals surface area contributed by atoms with Crippen LogP contribution in [-0.2, 0) is 4.74 Å². The van der Waals surface area contributed by atoms with Crippen LogP contribution in [0.15, 0.2) is 28.8 Å². The van der Waals surface area contributed by atoms with Crippen molar-refractivity contribution in [3.63, 3.8) is 0 Å². The molecular formula is C14H25NO3. The zero-order valence-corrected chi connectivity index (χ0v) is 11.8. The maximum absolute atomic E-state index is 9.52. The van der Waals surface area contributed by atoms with Gasteiger partial charge in [0.25, 0.3) is 0 Å². The largest absolute Gasteiger partial charge is 0.383 e. The molecule has 2 N–H and O–H groups in total. The van der Waals surface area contributed by atoms with Crippen molar-refractivity contribution < 1.29 is 14.9 Å². The first kappa shape index (κ1) is 17.0. The summed E-state index contributed by atoms with van der Waals surface area (Å²) in [6.07, 6.45) is 6.86. The summed E-state index contributed by atoms with van der Waals surface area (Å²) in [6, 6.07) is 0. The van der Waals surface area contributed by atoms with Crippen LogP contribution in [0, 0.1) is 5.41 Å². The molecule has 0 aromatic carbocycles. The summed E-state index contributed by atoms with van der Waals surface area (Å²) in [5, 5.41) is 19.0. The van der Waals surface area contributed by atoms with E-state index in [9.17, 15) is 10.2 Å². The first-order chi connectivity index (χ1) is 8.49. The third-order valence-electron chi connectivity index (χ3n) is 2.89. The molecule has 18 heavy (non-hydrogen) atoms. The lowest BCUT2D eigenvalue weighted by Gasteiger charge is -2.28. The molecule has 0 heterocycles. The van der Waals surface area contributed by atoms with Crippen molar-refractivity contribution in [1.29, 1.82) is 0 Å². The molecule has 104 valence electrons. The average Bonchev–Trinajstić information content (AvgIpc) is 2.34. The second-order valence-corrected chi connectivity index (χ2v) is 4.37. The monoisotopic (exact) mass is 255 g/mol.